The van der Waals surface area contributed by atoms with E-state index in [-0.39, 0.29) is 28.0 Å². The van der Waals surface area contributed by atoms with Crippen LogP contribution in [0.5, 0.6) is 5.75 Å². The molecule has 0 aliphatic carbocycles. The highest BCUT2D eigenvalue weighted by Crippen LogP contribution is 2.34. The topological polar surface area (TPSA) is 85.9 Å². The van der Waals surface area contributed by atoms with Crippen molar-refractivity contribution in [2.75, 3.05) is 11.9 Å². The second-order valence-corrected chi connectivity index (χ2v) is 6.14. The van der Waals surface area contributed by atoms with Gasteiger partial charge in [0.25, 0.3) is 5.91 Å². The van der Waals surface area contributed by atoms with E-state index in [4.69, 9.17) is 44.8 Å². The Morgan fingerprint density at radius 3 is 2.27 bits per heavy atom. The van der Waals surface area contributed by atoms with Gasteiger partial charge in [-0.15, -0.1) is 0 Å². The van der Waals surface area contributed by atoms with E-state index in [1.807, 2.05) is 12.1 Å². The van der Waals surface area contributed by atoms with Crippen LogP contribution < -0.4 is 10.1 Å². The zero-order valence-electron chi connectivity index (χ0n) is 13.1. The monoisotopic (exact) mass is 405 g/mol. The molecule has 2 rings (SSSR count). The minimum absolute atomic E-state index is 0.141. The highest BCUT2D eigenvalue weighted by molar-refractivity contribution is 6.37. The maximum Gasteiger partial charge on any atom is 0.266 e. The van der Waals surface area contributed by atoms with Gasteiger partial charge in [0.2, 0.25) is 0 Å². The average molecular weight is 407 g/mol. The minimum Gasteiger partial charge on any atom is -0.476 e. The first-order chi connectivity index (χ1) is 12.4. The number of rotatable bonds is 5. The molecule has 0 atom stereocenters. The van der Waals surface area contributed by atoms with Gasteiger partial charge in [-0.05, 0) is 48.0 Å². The number of carbonyl (C=O) groups excluding carboxylic acids is 1. The molecule has 5 nitrogen and oxygen atoms in total. The molecule has 1 amide bonds. The van der Waals surface area contributed by atoms with Crippen LogP contribution in [0.4, 0.5) is 5.69 Å². The molecule has 130 valence electrons. The molecule has 0 bridgehead atoms. The van der Waals surface area contributed by atoms with Gasteiger partial charge in [-0.1, -0.05) is 34.8 Å². The molecule has 0 spiro atoms. The van der Waals surface area contributed by atoms with Crippen molar-refractivity contribution in [3.63, 3.8) is 0 Å². The standard InChI is InChI=1S/C18H10Cl3N3O2/c19-13-1-3-14(4-2-13)24-18(25)12(10-23)7-11-8-15(20)17(16(21)9-11)26-6-5-22/h1-4,7-9H,6H2,(H,24,25)/b12-7-. The van der Waals surface area contributed by atoms with Gasteiger partial charge in [0, 0.05) is 10.7 Å². The Labute approximate surface area is 165 Å². The molecule has 2 aromatic carbocycles. The number of ether oxygens (including phenoxy) is 1. The summed E-state index contributed by atoms with van der Waals surface area (Å²) in [6.07, 6.45) is 1.34. The van der Waals surface area contributed by atoms with Gasteiger partial charge in [-0.25, -0.2) is 0 Å². The summed E-state index contributed by atoms with van der Waals surface area (Å²) in [5, 5.41) is 21.3. The van der Waals surface area contributed by atoms with E-state index in [0.29, 0.717) is 16.3 Å². The van der Waals surface area contributed by atoms with E-state index in [0.717, 1.165) is 0 Å². The van der Waals surface area contributed by atoms with Crippen molar-refractivity contribution in [1.29, 1.82) is 10.5 Å². The molecule has 26 heavy (non-hydrogen) atoms. The molecule has 1 N–H and O–H groups in total. The molecule has 0 saturated carbocycles. The van der Waals surface area contributed by atoms with Crippen LogP contribution in [0.25, 0.3) is 6.08 Å². The third kappa shape index (κ3) is 5.15. The van der Waals surface area contributed by atoms with Crippen LogP contribution in [-0.4, -0.2) is 12.5 Å². The molecule has 0 aliphatic heterocycles. The zero-order chi connectivity index (χ0) is 19.1. The van der Waals surface area contributed by atoms with E-state index >= 15 is 0 Å². The summed E-state index contributed by atoms with van der Waals surface area (Å²) in [6, 6.07) is 13.1. The summed E-state index contributed by atoms with van der Waals surface area (Å²) in [4.78, 5) is 12.2. The average Bonchev–Trinajstić information content (AvgIpc) is 2.61. The van der Waals surface area contributed by atoms with Gasteiger partial charge in [0.15, 0.2) is 12.4 Å². The van der Waals surface area contributed by atoms with Crippen molar-refractivity contribution in [3.8, 4) is 17.9 Å². The maximum atomic E-state index is 12.2. The highest BCUT2D eigenvalue weighted by atomic mass is 35.5. The molecule has 0 saturated heterocycles. The molecule has 0 radical (unpaired) electrons. The van der Waals surface area contributed by atoms with E-state index in [2.05, 4.69) is 5.32 Å². The summed E-state index contributed by atoms with van der Waals surface area (Å²) < 4.78 is 5.14. The van der Waals surface area contributed by atoms with Crippen LogP contribution in [0.3, 0.4) is 0 Å². The first kappa shape index (κ1) is 19.6. The number of anilines is 1. The Morgan fingerprint density at radius 1 is 1.12 bits per heavy atom. The number of hydrogen-bond donors (Lipinski definition) is 1. The van der Waals surface area contributed by atoms with Gasteiger partial charge in [0.1, 0.15) is 17.7 Å². The minimum atomic E-state index is -0.591. The Balaban J connectivity index is 2.25. The number of nitrogens with one attached hydrogen (secondary N) is 1. The lowest BCUT2D eigenvalue weighted by Crippen LogP contribution is -2.13. The number of nitrogens with zero attached hydrogens (tertiary/aromatic N) is 2. The number of halogens is 3. The number of nitriles is 2. The molecule has 0 aromatic heterocycles. The molecule has 0 heterocycles. The molecular weight excluding hydrogens is 397 g/mol. The van der Waals surface area contributed by atoms with Gasteiger partial charge in [-0.2, -0.15) is 10.5 Å². The molecule has 2 aromatic rings. The quantitative estimate of drug-likeness (QED) is 0.553. The molecule has 0 aliphatic rings. The van der Waals surface area contributed by atoms with Crippen LogP contribution in [-0.2, 0) is 4.79 Å². The van der Waals surface area contributed by atoms with Crippen molar-refractivity contribution in [1.82, 2.24) is 0 Å². The van der Waals surface area contributed by atoms with Crippen LogP contribution in [0, 0.1) is 22.7 Å². The SMILES string of the molecule is N#CCOc1c(Cl)cc(/C=C(/C#N)C(=O)Nc2ccc(Cl)cc2)cc1Cl. The lowest BCUT2D eigenvalue weighted by molar-refractivity contribution is -0.112. The Bertz CT molecular complexity index is 919. The summed E-state index contributed by atoms with van der Waals surface area (Å²) in [7, 11) is 0. The first-order valence-corrected chi connectivity index (χ1v) is 8.25. The van der Waals surface area contributed by atoms with Crippen LogP contribution in [0.15, 0.2) is 42.0 Å². The molecule has 8 heteroatoms. The Morgan fingerprint density at radius 2 is 1.73 bits per heavy atom. The normalized spacial score (nSPS) is 10.6. The first-order valence-electron chi connectivity index (χ1n) is 7.12. The smallest absolute Gasteiger partial charge is 0.266 e. The fourth-order valence-electron chi connectivity index (χ4n) is 1.95. The summed E-state index contributed by atoms with van der Waals surface area (Å²) in [5.74, 6) is -0.428. The van der Waals surface area contributed by atoms with Crippen LogP contribution >= 0.6 is 34.8 Å². The third-order valence-corrected chi connectivity index (χ3v) is 3.89. The fraction of sp³-hybridized carbons (Fsp3) is 0.0556. The second kappa shape index (κ2) is 9.12. The van der Waals surface area contributed by atoms with E-state index in [1.54, 1.807) is 24.3 Å². The zero-order valence-corrected chi connectivity index (χ0v) is 15.4. The van der Waals surface area contributed by atoms with E-state index < -0.39 is 5.91 Å². The van der Waals surface area contributed by atoms with E-state index in [9.17, 15) is 10.1 Å². The van der Waals surface area contributed by atoms with Crippen LogP contribution in [0.2, 0.25) is 15.1 Å². The van der Waals surface area contributed by atoms with Crippen molar-refractivity contribution in [2.24, 2.45) is 0 Å². The fourth-order valence-corrected chi connectivity index (χ4v) is 2.69. The summed E-state index contributed by atoms with van der Waals surface area (Å²) in [5.41, 5.74) is 0.793. The Kier molecular flexibility index (Phi) is 6.89. The maximum absolute atomic E-state index is 12.2. The number of carbonyl (C=O) groups is 1. The predicted octanol–water partition coefficient (Wildman–Crippen LogP) is 5.09. The number of hydrogen-bond acceptors (Lipinski definition) is 4. The molecular formula is C18H10Cl3N3O2. The Hall–Kier alpha value is -2.70. The van der Waals surface area contributed by atoms with Crippen LogP contribution in [0.1, 0.15) is 5.56 Å². The van der Waals surface area contributed by atoms with Gasteiger partial charge in [-0.3, -0.25) is 4.79 Å². The van der Waals surface area contributed by atoms with Gasteiger partial charge >= 0.3 is 0 Å². The third-order valence-electron chi connectivity index (χ3n) is 3.08. The highest BCUT2D eigenvalue weighted by Gasteiger charge is 2.13. The molecule has 0 fully saturated rings. The van der Waals surface area contributed by atoms with Crippen molar-refractivity contribution in [3.05, 3.63) is 62.6 Å². The molecule has 0 unspecified atom stereocenters. The number of benzene rings is 2. The summed E-state index contributed by atoms with van der Waals surface area (Å²) >= 11 is 17.9. The van der Waals surface area contributed by atoms with Crippen molar-refractivity contribution >= 4 is 52.5 Å². The number of amides is 1. The lowest BCUT2D eigenvalue weighted by Gasteiger charge is -2.08. The lowest BCUT2D eigenvalue weighted by atomic mass is 10.1. The summed E-state index contributed by atoms with van der Waals surface area (Å²) in [6.45, 7) is -0.207. The predicted molar refractivity (Wildman–Crippen MR) is 101 cm³/mol. The van der Waals surface area contributed by atoms with Crippen molar-refractivity contribution in [2.45, 2.75) is 0 Å². The van der Waals surface area contributed by atoms with E-state index in [1.165, 1.54) is 18.2 Å². The van der Waals surface area contributed by atoms with Crippen molar-refractivity contribution < 1.29 is 9.53 Å². The largest absolute Gasteiger partial charge is 0.476 e. The van der Waals surface area contributed by atoms with Gasteiger partial charge in [0.05, 0.1) is 10.0 Å². The second-order valence-electron chi connectivity index (χ2n) is 4.89. The van der Waals surface area contributed by atoms with Gasteiger partial charge < -0.3 is 10.1 Å².